The van der Waals surface area contributed by atoms with Crippen molar-refractivity contribution in [3.05, 3.63) is 63.9 Å². The monoisotopic (exact) mass is 335 g/mol. The summed E-state index contributed by atoms with van der Waals surface area (Å²) in [6.07, 6.45) is 4.35. The van der Waals surface area contributed by atoms with Crippen LogP contribution in [0.15, 0.2) is 42.5 Å². The lowest BCUT2D eigenvalue weighted by atomic mass is 10.0. The van der Waals surface area contributed by atoms with Crippen LogP contribution in [0.4, 0.5) is 0 Å². The van der Waals surface area contributed by atoms with Crippen molar-refractivity contribution in [2.75, 3.05) is 0 Å². The van der Waals surface area contributed by atoms with Crippen LogP contribution in [-0.4, -0.2) is 19.9 Å². The second-order valence-corrected chi connectivity index (χ2v) is 6.50. The summed E-state index contributed by atoms with van der Waals surface area (Å²) >= 11 is 5.50. The zero-order valence-electron chi connectivity index (χ0n) is 13.4. The molecule has 5 heteroatoms. The molecule has 0 aliphatic heterocycles. The first kappa shape index (κ1) is 14.9. The molecule has 3 aromatic rings. The van der Waals surface area contributed by atoms with Gasteiger partial charge in [0, 0.05) is 11.1 Å². The first-order chi connectivity index (χ1) is 11.6. The number of H-pyrrole nitrogens is 1. The van der Waals surface area contributed by atoms with Gasteiger partial charge in [0.05, 0.1) is 5.69 Å². The Bertz CT molecular complexity index is 1030. The molecule has 1 aliphatic carbocycles. The van der Waals surface area contributed by atoms with E-state index in [2.05, 4.69) is 47.5 Å². The van der Waals surface area contributed by atoms with E-state index >= 15 is 0 Å². The van der Waals surface area contributed by atoms with Gasteiger partial charge in [0.15, 0.2) is 10.6 Å². The number of allylic oxidation sites excluding steroid dienone is 1. The average molecular weight is 335 g/mol. The molecule has 1 heterocycles. The van der Waals surface area contributed by atoms with Gasteiger partial charge in [-0.2, -0.15) is 5.10 Å². The summed E-state index contributed by atoms with van der Waals surface area (Å²) < 4.78 is 2.52. The quantitative estimate of drug-likeness (QED) is 0.665. The van der Waals surface area contributed by atoms with E-state index in [0.717, 1.165) is 22.6 Å². The summed E-state index contributed by atoms with van der Waals surface area (Å²) in [6, 6.07) is 11.5. The Morgan fingerprint density at radius 2 is 2.08 bits per heavy atom. The van der Waals surface area contributed by atoms with Gasteiger partial charge < -0.3 is 5.11 Å². The standard InChI is InChI=1S/C19H17N3OS/c1-11-6-8-16-14(11)4-3-5-17(16)22-18(20-21-19(22)24)15-9-7-13(23)10-12(15)2/h3-11,23H,1-2H3,(H,21,24). The molecule has 1 aliphatic rings. The number of nitrogens with zero attached hydrogens (tertiary/aromatic N) is 2. The topological polar surface area (TPSA) is 53.8 Å². The van der Waals surface area contributed by atoms with E-state index in [-0.39, 0.29) is 5.75 Å². The molecule has 0 spiro atoms. The fourth-order valence-corrected chi connectivity index (χ4v) is 3.52. The Balaban J connectivity index is 1.98. The van der Waals surface area contributed by atoms with Crippen LogP contribution in [0.5, 0.6) is 5.75 Å². The first-order valence-corrected chi connectivity index (χ1v) is 8.26. The van der Waals surface area contributed by atoms with E-state index in [1.807, 2.05) is 17.6 Å². The predicted molar refractivity (Wildman–Crippen MR) is 98.0 cm³/mol. The number of phenolic OH excluding ortho intramolecular Hbond substituents is 1. The van der Waals surface area contributed by atoms with E-state index in [4.69, 9.17) is 12.2 Å². The Hall–Kier alpha value is -2.66. The number of aromatic nitrogens is 3. The lowest BCUT2D eigenvalue weighted by Gasteiger charge is -2.13. The Morgan fingerprint density at radius 3 is 2.88 bits per heavy atom. The molecular weight excluding hydrogens is 318 g/mol. The molecule has 4 rings (SSSR count). The fraction of sp³-hybridized carbons (Fsp3) is 0.158. The van der Waals surface area contributed by atoms with E-state index in [1.54, 1.807) is 12.1 Å². The average Bonchev–Trinajstić information content (AvgIpc) is 3.11. The first-order valence-electron chi connectivity index (χ1n) is 7.85. The SMILES string of the molecule is Cc1cc(O)ccc1-c1n[nH]c(=S)n1-c1cccc2c1C=CC2C. The van der Waals surface area contributed by atoms with Crippen molar-refractivity contribution in [1.29, 1.82) is 0 Å². The van der Waals surface area contributed by atoms with Crippen molar-refractivity contribution < 1.29 is 5.11 Å². The van der Waals surface area contributed by atoms with Gasteiger partial charge in [-0.1, -0.05) is 31.2 Å². The van der Waals surface area contributed by atoms with Crippen LogP contribution in [0.1, 0.15) is 29.5 Å². The minimum atomic E-state index is 0.245. The van der Waals surface area contributed by atoms with Gasteiger partial charge in [-0.3, -0.25) is 9.67 Å². The van der Waals surface area contributed by atoms with E-state index in [1.165, 1.54) is 11.1 Å². The number of hydrogen-bond donors (Lipinski definition) is 2. The Labute approximate surface area is 145 Å². The maximum Gasteiger partial charge on any atom is 0.200 e. The molecule has 0 amide bonds. The van der Waals surface area contributed by atoms with Crippen LogP contribution in [0.3, 0.4) is 0 Å². The minimum Gasteiger partial charge on any atom is -0.508 e. The number of aromatic hydroxyl groups is 1. The van der Waals surface area contributed by atoms with Gasteiger partial charge in [-0.25, -0.2) is 0 Å². The van der Waals surface area contributed by atoms with Gasteiger partial charge in [-0.05, 0) is 60.5 Å². The molecule has 2 aromatic carbocycles. The van der Waals surface area contributed by atoms with Gasteiger partial charge in [0.25, 0.3) is 0 Å². The normalized spacial score (nSPS) is 15.7. The van der Waals surface area contributed by atoms with Crippen LogP contribution in [0.25, 0.3) is 23.2 Å². The molecule has 0 fully saturated rings. The smallest absolute Gasteiger partial charge is 0.200 e. The van der Waals surface area contributed by atoms with Crippen LogP contribution in [0, 0.1) is 11.7 Å². The third kappa shape index (κ3) is 2.20. The maximum absolute atomic E-state index is 9.67. The van der Waals surface area contributed by atoms with E-state index in [0.29, 0.717) is 10.7 Å². The van der Waals surface area contributed by atoms with Crippen molar-refractivity contribution in [1.82, 2.24) is 14.8 Å². The highest BCUT2D eigenvalue weighted by Crippen LogP contribution is 2.35. The molecule has 120 valence electrons. The molecule has 24 heavy (non-hydrogen) atoms. The summed E-state index contributed by atoms with van der Waals surface area (Å²) in [4.78, 5) is 0. The third-order valence-electron chi connectivity index (χ3n) is 4.52. The highest BCUT2D eigenvalue weighted by atomic mass is 32.1. The summed E-state index contributed by atoms with van der Waals surface area (Å²) in [5.41, 5.74) is 5.38. The number of fused-ring (bicyclic) bond motifs is 1. The van der Waals surface area contributed by atoms with Crippen molar-refractivity contribution in [3.8, 4) is 22.8 Å². The number of phenols is 1. The number of hydrogen-bond acceptors (Lipinski definition) is 3. The van der Waals surface area contributed by atoms with Gasteiger partial charge >= 0.3 is 0 Å². The lowest BCUT2D eigenvalue weighted by Crippen LogP contribution is -2.02. The fourth-order valence-electron chi connectivity index (χ4n) is 3.29. The summed E-state index contributed by atoms with van der Waals surface area (Å²) in [7, 11) is 0. The lowest BCUT2D eigenvalue weighted by molar-refractivity contribution is 0.475. The van der Waals surface area contributed by atoms with Gasteiger partial charge in [-0.15, -0.1) is 0 Å². The molecule has 0 bridgehead atoms. The molecule has 1 unspecified atom stereocenters. The van der Waals surface area contributed by atoms with Gasteiger partial charge in [0.1, 0.15) is 5.75 Å². The molecular formula is C19H17N3OS. The van der Waals surface area contributed by atoms with Crippen LogP contribution in [0.2, 0.25) is 0 Å². The number of aromatic amines is 1. The number of aryl methyl sites for hydroxylation is 1. The second kappa shape index (κ2) is 5.46. The largest absolute Gasteiger partial charge is 0.508 e. The van der Waals surface area contributed by atoms with Crippen molar-refractivity contribution in [2.24, 2.45) is 0 Å². The summed E-state index contributed by atoms with van der Waals surface area (Å²) in [5, 5.41) is 17.0. The summed E-state index contributed by atoms with van der Waals surface area (Å²) in [6.45, 7) is 4.14. The predicted octanol–water partition coefficient (Wildman–Crippen LogP) is 4.74. The molecule has 0 radical (unpaired) electrons. The maximum atomic E-state index is 9.67. The highest BCUT2D eigenvalue weighted by molar-refractivity contribution is 7.71. The van der Waals surface area contributed by atoms with E-state index < -0.39 is 0 Å². The minimum absolute atomic E-state index is 0.245. The third-order valence-corrected chi connectivity index (χ3v) is 4.80. The van der Waals surface area contributed by atoms with Crippen LogP contribution >= 0.6 is 12.2 Å². The molecule has 2 N–H and O–H groups in total. The van der Waals surface area contributed by atoms with Crippen LogP contribution in [-0.2, 0) is 0 Å². The zero-order valence-corrected chi connectivity index (χ0v) is 14.3. The van der Waals surface area contributed by atoms with Gasteiger partial charge in [0.2, 0.25) is 0 Å². The number of benzene rings is 2. The number of nitrogens with one attached hydrogen (secondary N) is 1. The highest BCUT2D eigenvalue weighted by Gasteiger charge is 2.20. The summed E-state index contributed by atoms with van der Waals surface area (Å²) in [5.74, 6) is 1.40. The zero-order chi connectivity index (χ0) is 16.8. The Morgan fingerprint density at radius 1 is 1.25 bits per heavy atom. The second-order valence-electron chi connectivity index (χ2n) is 6.11. The molecule has 1 aromatic heterocycles. The Kier molecular flexibility index (Phi) is 3.39. The molecule has 4 nitrogen and oxygen atoms in total. The van der Waals surface area contributed by atoms with Crippen molar-refractivity contribution in [2.45, 2.75) is 19.8 Å². The molecule has 0 saturated carbocycles. The van der Waals surface area contributed by atoms with Crippen LogP contribution < -0.4 is 0 Å². The molecule has 1 atom stereocenters. The van der Waals surface area contributed by atoms with Crippen molar-refractivity contribution >= 4 is 18.3 Å². The number of rotatable bonds is 2. The molecule has 0 saturated heterocycles. The van der Waals surface area contributed by atoms with Crippen molar-refractivity contribution in [3.63, 3.8) is 0 Å². The van der Waals surface area contributed by atoms with E-state index in [9.17, 15) is 5.11 Å².